The van der Waals surface area contributed by atoms with E-state index in [1.165, 1.54) is 0 Å². The van der Waals surface area contributed by atoms with Gasteiger partial charge in [0.25, 0.3) is 0 Å². The molecule has 2 heterocycles. The predicted octanol–water partition coefficient (Wildman–Crippen LogP) is 12.5. The van der Waals surface area contributed by atoms with Crippen LogP contribution in [0, 0.1) is 22.7 Å². The molecule has 6 nitrogen and oxygen atoms in total. The minimum absolute atomic E-state index is 0.459. The summed E-state index contributed by atoms with van der Waals surface area (Å²) in [5.74, 6) is 1.85. The molecule has 0 amide bonds. The van der Waals surface area contributed by atoms with E-state index in [0.29, 0.717) is 28.6 Å². The zero-order valence-corrected chi connectivity index (χ0v) is 31.0. The number of hydrogen-bond acceptors (Lipinski definition) is 6. The number of benzene rings is 8. The highest BCUT2D eigenvalue weighted by Gasteiger charge is 2.17. The van der Waals surface area contributed by atoms with Crippen molar-refractivity contribution >= 4 is 32.4 Å². The molecule has 0 saturated carbocycles. The number of pyridine rings is 1. The Morgan fingerprint density at radius 2 is 0.845 bits per heavy atom. The molecule has 10 rings (SSSR count). The summed E-state index contributed by atoms with van der Waals surface area (Å²) in [6.45, 7) is 0. The van der Waals surface area contributed by atoms with Crippen LogP contribution in [0.5, 0.6) is 0 Å². The van der Waals surface area contributed by atoms with Gasteiger partial charge in [-0.05, 0) is 91.8 Å². The minimum atomic E-state index is 0.459. The number of nitrogens with zero attached hydrogens (tertiary/aromatic N) is 6. The Balaban J connectivity index is 1.12. The van der Waals surface area contributed by atoms with Gasteiger partial charge < -0.3 is 0 Å². The summed E-state index contributed by atoms with van der Waals surface area (Å²) >= 11 is 0. The second-order valence-electron chi connectivity index (χ2n) is 14.1. The average Bonchev–Trinajstić information content (AvgIpc) is 3.31. The van der Waals surface area contributed by atoms with Crippen molar-refractivity contribution in [3.05, 3.63) is 193 Å². The highest BCUT2D eigenvalue weighted by atomic mass is 15.0. The molecule has 0 aliphatic carbocycles. The van der Waals surface area contributed by atoms with Crippen LogP contribution in [0.3, 0.4) is 0 Å². The number of fused-ring (bicyclic) bond motifs is 5. The van der Waals surface area contributed by atoms with E-state index in [9.17, 15) is 10.5 Å². The Kier molecular flexibility index (Phi) is 8.49. The molecular formula is C52H30N6. The molecule has 10 aromatic rings. The van der Waals surface area contributed by atoms with Crippen molar-refractivity contribution in [3.63, 3.8) is 0 Å². The summed E-state index contributed by atoms with van der Waals surface area (Å²) in [5.41, 5.74) is 10.5. The zero-order chi connectivity index (χ0) is 39.0. The molecule has 0 N–H and O–H groups in total. The van der Waals surface area contributed by atoms with Crippen LogP contribution in [0.2, 0.25) is 0 Å². The second kappa shape index (κ2) is 14.4. The van der Waals surface area contributed by atoms with E-state index in [1.807, 2.05) is 97.2 Å². The molecule has 0 spiro atoms. The van der Waals surface area contributed by atoms with Crippen LogP contribution in [0.15, 0.2) is 182 Å². The molecular weight excluding hydrogens is 709 g/mol. The highest BCUT2D eigenvalue weighted by Crippen LogP contribution is 2.42. The van der Waals surface area contributed by atoms with Gasteiger partial charge in [-0.15, -0.1) is 0 Å². The van der Waals surface area contributed by atoms with Gasteiger partial charge in [0.15, 0.2) is 17.5 Å². The van der Waals surface area contributed by atoms with Crippen molar-refractivity contribution in [3.8, 4) is 79.7 Å². The molecule has 0 saturated heterocycles. The van der Waals surface area contributed by atoms with Gasteiger partial charge in [0, 0.05) is 33.8 Å². The molecule has 58 heavy (non-hydrogen) atoms. The first-order valence-electron chi connectivity index (χ1n) is 18.9. The summed E-state index contributed by atoms with van der Waals surface area (Å²) in [5, 5.41) is 24.7. The first-order chi connectivity index (χ1) is 28.6. The van der Waals surface area contributed by atoms with E-state index in [1.54, 1.807) is 6.07 Å². The van der Waals surface area contributed by atoms with E-state index in [2.05, 4.69) is 91.0 Å². The van der Waals surface area contributed by atoms with Gasteiger partial charge in [-0.2, -0.15) is 10.5 Å². The first-order valence-corrected chi connectivity index (χ1v) is 18.9. The fourth-order valence-electron chi connectivity index (χ4n) is 7.81. The lowest BCUT2D eigenvalue weighted by molar-refractivity contribution is 1.07. The predicted molar refractivity (Wildman–Crippen MR) is 232 cm³/mol. The molecule has 8 aromatic carbocycles. The third-order valence-corrected chi connectivity index (χ3v) is 10.6. The smallest absolute Gasteiger partial charge is 0.164 e. The molecule has 0 aliphatic heterocycles. The lowest BCUT2D eigenvalue weighted by atomic mass is 9.88. The van der Waals surface area contributed by atoms with Gasteiger partial charge in [-0.3, -0.25) is 4.98 Å². The summed E-state index contributed by atoms with van der Waals surface area (Å²) in [6.07, 6.45) is 1.84. The maximum absolute atomic E-state index is 9.54. The normalized spacial score (nSPS) is 11.1. The molecule has 0 unspecified atom stereocenters. The van der Waals surface area contributed by atoms with Crippen LogP contribution in [-0.4, -0.2) is 19.9 Å². The number of rotatable bonds is 6. The Hall–Kier alpha value is -8.32. The van der Waals surface area contributed by atoms with Crippen LogP contribution in [0.1, 0.15) is 11.1 Å². The second-order valence-corrected chi connectivity index (χ2v) is 14.1. The van der Waals surface area contributed by atoms with Gasteiger partial charge in [0.05, 0.1) is 28.8 Å². The first kappa shape index (κ1) is 34.2. The summed E-state index contributed by atoms with van der Waals surface area (Å²) in [4.78, 5) is 19.9. The minimum Gasteiger partial charge on any atom is -0.256 e. The van der Waals surface area contributed by atoms with E-state index in [-0.39, 0.29) is 0 Å². The van der Waals surface area contributed by atoms with Crippen molar-refractivity contribution < 1.29 is 0 Å². The quantitative estimate of drug-likeness (QED) is 0.157. The van der Waals surface area contributed by atoms with Crippen LogP contribution in [0.4, 0.5) is 0 Å². The Morgan fingerprint density at radius 1 is 0.328 bits per heavy atom. The van der Waals surface area contributed by atoms with E-state index < -0.39 is 0 Å². The van der Waals surface area contributed by atoms with Gasteiger partial charge >= 0.3 is 0 Å². The third-order valence-electron chi connectivity index (χ3n) is 10.6. The molecule has 0 atom stereocenters. The Labute approximate surface area is 334 Å². The third kappa shape index (κ3) is 6.18. The maximum Gasteiger partial charge on any atom is 0.164 e. The van der Waals surface area contributed by atoms with E-state index in [0.717, 1.165) is 82.5 Å². The molecule has 0 aliphatic rings. The standard InChI is InChI=1S/C52H30N6/c53-31-33-25-34(32-54)27-41(26-33)35-20-22-36(23-21-35)46-30-47-43-18-8-7-17-42(43)45(29-48(47)44-19-10-24-55-49(44)46)39-15-9-16-40(28-39)52-57-50(37-11-3-1-4-12-37)56-51(58-52)38-13-5-2-6-14-38/h1-30H. The number of hydrogen-bond donors (Lipinski definition) is 0. The number of aromatic nitrogens is 4. The van der Waals surface area contributed by atoms with Gasteiger partial charge in [0.1, 0.15) is 0 Å². The van der Waals surface area contributed by atoms with E-state index in [4.69, 9.17) is 19.9 Å². The average molecular weight is 739 g/mol. The van der Waals surface area contributed by atoms with Crippen molar-refractivity contribution in [2.45, 2.75) is 0 Å². The van der Waals surface area contributed by atoms with Crippen molar-refractivity contribution in [1.29, 1.82) is 10.5 Å². The lowest BCUT2D eigenvalue weighted by Gasteiger charge is -2.16. The van der Waals surface area contributed by atoms with Crippen LogP contribution >= 0.6 is 0 Å². The van der Waals surface area contributed by atoms with Crippen LogP contribution in [-0.2, 0) is 0 Å². The Bertz CT molecular complexity index is 3200. The van der Waals surface area contributed by atoms with Gasteiger partial charge in [-0.1, -0.05) is 133 Å². The van der Waals surface area contributed by atoms with Crippen molar-refractivity contribution in [2.24, 2.45) is 0 Å². The fraction of sp³-hybridized carbons (Fsp3) is 0. The van der Waals surface area contributed by atoms with Crippen LogP contribution < -0.4 is 0 Å². The topological polar surface area (TPSA) is 99.1 Å². The van der Waals surface area contributed by atoms with Crippen molar-refractivity contribution in [2.75, 3.05) is 0 Å². The van der Waals surface area contributed by atoms with E-state index >= 15 is 0 Å². The van der Waals surface area contributed by atoms with Gasteiger partial charge in [-0.25, -0.2) is 15.0 Å². The number of nitriles is 2. The largest absolute Gasteiger partial charge is 0.256 e. The Morgan fingerprint density at radius 3 is 1.50 bits per heavy atom. The molecule has 0 bridgehead atoms. The summed E-state index contributed by atoms with van der Waals surface area (Å²) in [7, 11) is 0. The highest BCUT2D eigenvalue weighted by molar-refractivity contribution is 6.23. The lowest BCUT2D eigenvalue weighted by Crippen LogP contribution is -2.00. The van der Waals surface area contributed by atoms with Crippen molar-refractivity contribution in [1.82, 2.24) is 19.9 Å². The molecule has 0 fully saturated rings. The summed E-state index contributed by atoms with van der Waals surface area (Å²) < 4.78 is 0. The molecule has 2 aromatic heterocycles. The maximum atomic E-state index is 9.54. The fourth-order valence-corrected chi connectivity index (χ4v) is 7.81. The molecule has 6 heteroatoms. The molecule has 268 valence electrons. The zero-order valence-electron chi connectivity index (χ0n) is 31.0. The van der Waals surface area contributed by atoms with Gasteiger partial charge in [0.2, 0.25) is 0 Å². The van der Waals surface area contributed by atoms with Crippen LogP contribution in [0.25, 0.3) is 100.0 Å². The molecule has 0 radical (unpaired) electrons. The summed E-state index contributed by atoms with van der Waals surface area (Å²) in [6, 6.07) is 63.6. The SMILES string of the molecule is N#Cc1cc(C#N)cc(-c2ccc(-c3cc4c5ccccc5c(-c5cccc(-c6nc(-c7ccccc7)nc(-c7ccccc7)n6)c5)cc4c4cccnc34)cc2)c1. The monoisotopic (exact) mass is 738 g/mol.